The summed E-state index contributed by atoms with van der Waals surface area (Å²) in [7, 11) is 1.61. The number of benzene rings is 1. The van der Waals surface area contributed by atoms with E-state index in [9.17, 15) is 0 Å². The molecule has 2 rings (SSSR count). The highest BCUT2D eigenvalue weighted by Crippen LogP contribution is 2.22. The molecule has 0 amide bonds. The highest BCUT2D eigenvalue weighted by molar-refractivity contribution is 5.88. The molecule has 0 aliphatic rings. The first kappa shape index (κ1) is 9.67. The second kappa shape index (κ2) is 3.70. The Kier molecular flexibility index (Phi) is 2.39. The van der Waals surface area contributed by atoms with Crippen molar-refractivity contribution in [2.75, 3.05) is 12.8 Å². The summed E-state index contributed by atoms with van der Waals surface area (Å²) in [5, 5.41) is 0.813. The number of fused-ring (bicyclic) bond motifs is 1. The van der Waals surface area contributed by atoms with Crippen LogP contribution < -0.4 is 16.2 Å². The zero-order valence-corrected chi connectivity index (χ0v) is 8.40. The molecule has 0 fully saturated rings. The van der Waals surface area contributed by atoms with Crippen LogP contribution in [0.25, 0.3) is 10.9 Å². The fraction of sp³-hybridized carbons (Fsp3) is 0.200. The molecule has 2 aromatic rings. The second-order valence-electron chi connectivity index (χ2n) is 3.11. The van der Waals surface area contributed by atoms with Gasteiger partial charge in [-0.25, -0.2) is 9.97 Å². The van der Waals surface area contributed by atoms with E-state index in [4.69, 9.17) is 16.2 Å². The molecule has 4 N–H and O–H groups in total. The number of hydrogen-bond acceptors (Lipinski definition) is 5. The lowest BCUT2D eigenvalue weighted by Gasteiger charge is -2.05. The maximum atomic E-state index is 5.78. The molecule has 0 spiro atoms. The summed E-state index contributed by atoms with van der Waals surface area (Å²) in [6, 6.07) is 5.47. The zero-order valence-electron chi connectivity index (χ0n) is 8.40. The molecule has 78 valence electrons. The van der Waals surface area contributed by atoms with Crippen molar-refractivity contribution in [3.63, 3.8) is 0 Å². The van der Waals surface area contributed by atoms with Crippen LogP contribution >= 0.6 is 0 Å². The van der Waals surface area contributed by atoms with Crippen molar-refractivity contribution >= 4 is 16.7 Å². The van der Waals surface area contributed by atoms with E-state index in [0.717, 1.165) is 16.7 Å². The summed E-state index contributed by atoms with van der Waals surface area (Å²) in [6.07, 6.45) is 0. The minimum absolute atomic E-state index is 0.275. The fourth-order valence-electron chi connectivity index (χ4n) is 1.40. The van der Waals surface area contributed by atoms with Crippen LogP contribution in [0.1, 0.15) is 5.82 Å². The standard InChI is InChI=1S/C10H12N4O/c1-15-6-2-3-7-8(4-6)13-9(5-11)14-10(7)12/h2-4H,5,11H2,1H3,(H2,12,13,14). The average molecular weight is 204 g/mol. The van der Waals surface area contributed by atoms with Gasteiger partial charge in [0, 0.05) is 11.5 Å². The van der Waals surface area contributed by atoms with Crippen LogP contribution in [-0.4, -0.2) is 17.1 Å². The van der Waals surface area contributed by atoms with Crippen LogP contribution in [0, 0.1) is 0 Å². The van der Waals surface area contributed by atoms with Crippen molar-refractivity contribution in [1.82, 2.24) is 9.97 Å². The van der Waals surface area contributed by atoms with Gasteiger partial charge in [0.15, 0.2) is 0 Å². The molecule has 0 atom stereocenters. The summed E-state index contributed by atoms with van der Waals surface area (Å²) in [5.41, 5.74) is 12.0. The molecule has 0 saturated heterocycles. The van der Waals surface area contributed by atoms with Gasteiger partial charge in [0.2, 0.25) is 0 Å². The molecule has 0 saturated carbocycles. The molecule has 0 aliphatic carbocycles. The molecule has 1 aromatic heterocycles. The third kappa shape index (κ3) is 1.69. The van der Waals surface area contributed by atoms with Gasteiger partial charge in [-0.3, -0.25) is 0 Å². The Balaban J connectivity index is 2.69. The number of rotatable bonds is 2. The molecule has 0 bridgehead atoms. The van der Waals surface area contributed by atoms with Crippen LogP contribution in [0.3, 0.4) is 0 Å². The van der Waals surface area contributed by atoms with E-state index >= 15 is 0 Å². The fourth-order valence-corrected chi connectivity index (χ4v) is 1.40. The summed E-state index contributed by atoms with van der Waals surface area (Å²) in [5.74, 6) is 1.72. The third-order valence-corrected chi connectivity index (χ3v) is 2.16. The van der Waals surface area contributed by atoms with Crippen molar-refractivity contribution in [2.24, 2.45) is 5.73 Å². The SMILES string of the molecule is COc1ccc2c(N)nc(CN)nc2c1. The Hall–Kier alpha value is -1.88. The van der Waals surface area contributed by atoms with Crippen molar-refractivity contribution < 1.29 is 4.74 Å². The highest BCUT2D eigenvalue weighted by atomic mass is 16.5. The van der Waals surface area contributed by atoms with Gasteiger partial charge in [-0.15, -0.1) is 0 Å². The van der Waals surface area contributed by atoms with Gasteiger partial charge in [0.1, 0.15) is 17.4 Å². The van der Waals surface area contributed by atoms with Gasteiger partial charge < -0.3 is 16.2 Å². The number of ether oxygens (including phenoxy) is 1. The Bertz CT molecular complexity index is 493. The van der Waals surface area contributed by atoms with E-state index < -0.39 is 0 Å². The van der Waals surface area contributed by atoms with Gasteiger partial charge in [0.25, 0.3) is 0 Å². The van der Waals surface area contributed by atoms with Crippen LogP contribution in [0.4, 0.5) is 5.82 Å². The molecular weight excluding hydrogens is 192 g/mol. The minimum Gasteiger partial charge on any atom is -0.497 e. The summed E-state index contributed by atoms with van der Waals surface area (Å²) in [4.78, 5) is 8.34. The lowest BCUT2D eigenvalue weighted by atomic mass is 10.2. The van der Waals surface area contributed by atoms with E-state index in [1.165, 1.54) is 0 Å². The van der Waals surface area contributed by atoms with Crippen molar-refractivity contribution in [3.8, 4) is 5.75 Å². The molecule has 1 aromatic carbocycles. The largest absolute Gasteiger partial charge is 0.497 e. The van der Waals surface area contributed by atoms with E-state index in [2.05, 4.69) is 9.97 Å². The molecule has 1 heterocycles. The predicted octanol–water partition coefficient (Wildman–Crippen LogP) is 0.679. The first-order valence-electron chi connectivity index (χ1n) is 4.55. The topological polar surface area (TPSA) is 87.0 Å². The Morgan fingerprint density at radius 3 is 2.80 bits per heavy atom. The molecule has 0 aliphatic heterocycles. The molecule has 5 nitrogen and oxygen atoms in total. The molecule has 0 radical (unpaired) electrons. The van der Waals surface area contributed by atoms with Gasteiger partial charge in [-0.1, -0.05) is 0 Å². The zero-order chi connectivity index (χ0) is 10.8. The number of methoxy groups -OCH3 is 1. The summed E-state index contributed by atoms with van der Waals surface area (Å²) < 4.78 is 5.10. The summed E-state index contributed by atoms with van der Waals surface area (Å²) >= 11 is 0. The number of nitrogens with two attached hydrogens (primary N) is 2. The first-order chi connectivity index (χ1) is 7.24. The first-order valence-corrected chi connectivity index (χ1v) is 4.55. The summed E-state index contributed by atoms with van der Waals surface area (Å²) in [6.45, 7) is 0.275. The lowest BCUT2D eigenvalue weighted by molar-refractivity contribution is 0.415. The van der Waals surface area contributed by atoms with Gasteiger partial charge in [-0.05, 0) is 12.1 Å². The Morgan fingerprint density at radius 1 is 1.33 bits per heavy atom. The maximum Gasteiger partial charge on any atom is 0.144 e. The molecular formula is C10H12N4O. The van der Waals surface area contributed by atoms with E-state index in [1.54, 1.807) is 7.11 Å². The smallest absolute Gasteiger partial charge is 0.144 e. The Labute approximate surface area is 87.1 Å². The second-order valence-corrected chi connectivity index (χ2v) is 3.11. The van der Waals surface area contributed by atoms with Crippen LogP contribution in [0.2, 0.25) is 0 Å². The van der Waals surface area contributed by atoms with Crippen LogP contribution in [0.5, 0.6) is 5.75 Å². The van der Waals surface area contributed by atoms with Crippen LogP contribution in [0.15, 0.2) is 18.2 Å². The van der Waals surface area contributed by atoms with Gasteiger partial charge in [-0.2, -0.15) is 0 Å². The number of aromatic nitrogens is 2. The van der Waals surface area contributed by atoms with Crippen molar-refractivity contribution in [2.45, 2.75) is 6.54 Å². The van der Waals surface area contributed by atoms with E-state index in [1.807, 2.05) is 18.2 Å². The monoisotopic (exact) mass is 204 g/mol. The van der Waals surface area contributed by atoms with Crippen molar-refractivity contribution in [3.05, 3.63) is 24.0 Å². The average Bonchev–Trinajstić information content (AvgIpc) is 2.28. The van der Waals surface area contributed by atoms with Gasteiger partial charge in [0.05, 0.1) is 19.2 Å². The molecule has 0 unspecified atom stereocenters. The lowest BCUT2D eigenvalue weighted by Crippen LogP contribution is -2.06. The number of anilines is 1. The van der Waals surface area contributed by atoms with Crippen molar-refractivity contribution in [1.29, 1.82) is 0 Å². The predicted molar refractivity (Wildman–Crippen MR) is 58.4 cm³/mol. The number of nitrogen functional groups attached to an aromatic ring is 1. The molecule has 5 heteroatoms. The highest BCUT2D eigenvalue weighted by Gasteiger charge is 2.04. The van der Waals surface area contributed by atoms with E-state index in [0.29, 0.717) is 11.6 Å². The number of hydrogen-bond donors (Lipinski definition) is 2. The van der Waals surface area contributed by atoms with Gasteiger partial charge >= 0.3 is 0 Å². The maximum absolute atomic E-state index is 5.78. The normalized spacial score (nSPS) is 10.5. The quantitative estimate of drug-likeness (QED) is 0.751. The minimum atomic E-state index is 0.275. The number of nitrogens with zero attached hydrogens (tertiary/aromatic N) is 2. The van der Waals surface area contributed by atoms with E-state index in [-0.39, 0.29) is 6.54 Å². The van der Waals surface area contributed by atoms with Crippen LogP contribution in [-0.2, 0) is 6.54 Å². The third-order valence-electron chi connectivity index (χ3n) is 2.16. The molecule has 15 heavy (non-hydrogen) atoms. The Morgan fingerprint density at radius 2 is 2.13 bits per heavy atom.